The molecule has 3 aromatic rings. The van der Waals surface area contributed by atoms with Crippen molar-refractivity contribution in [2.24, 2.45) is 7.05 Å². The molecule has 0 amide bonds. The maximum absolute atomic E-state index is 12.2. The molecule has 2 heterocycles. The SMILES string of the molecule is Cc1nn(C)cc1C(=O)CC(=O)c1cc2ccccc2o1. The molecule has 3 rings (SSSR count). The number of para-hydroxylation sites is 1. The van der Waals surface area contributed by atoms with E-state index in [9.17, 15) is 9.59 Å². The molecule has 0 spiro atoms. The molecule has 106 valence electrons. The highest BCUT2D eigenvalue weighted by atomic mass is 16.3. The molecule has 0 aliphatic heterocycles. The van der Waals surface area contributed by atoms with Gasteiger partial charge in [0.05, 0.1) is 17.7 Å². The number of benzene rings is 1. The van der Waals surface area contributed by atoms with Gasteiger partial charge in [-0.15, -0.1) is 0 Å². The van der Waals surface area contributed by atoms with E-state index in [1.807, 2.05) is 18.2 Å². The van der Waals surface area contributed by atoms with E-state index in [0.717, 1.165) is 5.39 Å². The quantitative estimate of drug-likeness (QED) is 0.545. The fraction of sp³-hybridized carbons (Fsp3) is 0.188. The second-order valence-corrected chi connectivity index (χ2v) is 4.97. The lowest BCUT2D eigenvalue weighted by molar-refractivity contribution is 0.0879. The second kappa shape index (κ2) is 5.01. The Morgan fingerprint density at radius 3 is 2.67 bits per heavy atom. The van der Waals surface area contributed by atoms with Gasteiger partial charge in [-0.25, -0.2) is 0 Å². The number of nitrogens with zero attached hydrogens (tertiary/aromatic N) is 2. The van der Waals surface area contributed by atoms with Crippen LogP contribution in [-0.4, -0.2) is 21.3 Å². The number of fused-ring (bicyclic) bond motifs is 1. The van der Waals surface area contributed by atoms with Crippen LogP contribution in [0.1, 0.15) is 33.0 Å². The van der Waals surface area contributed by atoms with Gasteiger partial charge in [0.25, 0.3) is 0 Å². The topological polar surface area (TPSA) is 65.1 Å². The van der Waals surface area contributed by atoms with E-state index in [0.29, 0.717) is 16.8 Å². The van der Waals surface area contributed by atoms with Gasteiger partial charge in [-0.1, -0.05) is 18.2 Å². The molecule has 0 unspecified atom stereocenters. The van der Waals surface area contributed by atoms with Crippen LogP contribution >= 0.6 is 0 Å². The normalized spacial score (nSPS) is 11.0. The number of aryl methyl sites for hydroxylation is 2. The Bertz CT molecular complexity index is 809. The molecule has 1 aromatic carbocycles. The number of hydrogen-bond donors (Lipinski definition) is 0. The summed E-state index contributed by atoms with van der Waals surface area (Å²) >= 11 is 0. The van der Waals surface area contributed by atoms with Crippen LogP contribution in [0.15, 0.2) is 40.9 Å². The number of carbonyl (C=O) groups is 2. The lowest BCUT2D eigenvalue weighted by Gasteiger charge is -1.96. The lowest BCUT2D eigenvalue weighted by atomic mass is 10.1. The van der Waals surface area contributed by atoms with Gasteiger partial charge in [-0.05, 0) is 19.1 Å². The van der Waals surface area contributed by atoms with Crippen molar-refractivity contribution in [3.63, 3.8) is 0 Å². The molecule has 0 bridgehead atoms. The van der Waals surface area contributed by atoms with Gasteiger partial charge in [0.2, 0.25) is 5.78 Å². The molecule has 0 saturated carbocycles. The number of Topliss-reactive ketones (excluding diaryl/α,β-unsaturated/α-hetero) is 2. The minimum Gasteiger partial charge on any atom is -0.453 e. The zero-order valence-corrected chi connectivity index (χ0v) is 11.8. The molecule has 0 aliphatic carbocycles. The molecule has 5 nitrogen and oxygen atoms in total. The first-order valence-electron chi connectivity index (χ1n) is 6.60. The van der Waals surface area contributed by atoms with Crippen LogP contribution in [0.2, 0.25) is 0 Å². The monoisotopic (exact) mass is 282 g/mol. The summed E-state index contributed by atoms with van der Waals surface area (Å²) in [5.74, 6) is -0.350. The number of hydrogen-bond acceptors (Lipinski definition) is 4. The first-order valence-corrected chi connectivity index (χ1v) is 6.60. The highest BCUT2D eigenvalue weighted by molar-refractivity contribution is 6.13. The van der Waals surface area contributed by atoms with Crippen molar-refractivity contribution in [2.75, 3.05) is 0 Å². The number of rotatable bonds is 4. The minimum absolute atomic E-state index is 0.214. The fourth-order valence-corrected chi connectivity index (χ4v) is 2.32. The van der Waals surface area contributed by atoms with Gasteiger partial charge >= 0.3 is 0 Å². The van der Waals surface area contributed by atoms with E-state index in [1.165, 1.54) is 0 Å². The first-order chi connectivity index (χ1) is 10.0. The van der Waals surface area contributed by atoms with Gasteiger partial charge < -0.3 is 4.42 Å². The molecule has 5 heteroatoms. The number of aromatic nitrogens is 2. The maximum atomic E-state index is 12.2. The second-order valence-electron chi connectivity index (χ2n) is 4.97. The summed E-state index contributed by atoms with van der Waals surface area (Å²) in [5.41, 5.74) is 1.74. The minimum atomic E-state index is -0.320. The maximum Gasteiger partial charge on any atom is 0.205 e. The van der Waals surface area contributed by atoms with Crippen molar-refractivity contribution < 1.29 is 14.0 Å². The highest BCUT2D eigenvalue weighted by Crippen LogP contribution is 2.20. The molecule has 0 radical (unpaired) electrons. The Balaban J connectivity index is 1.82. The van der Waals surface area contributed by atoms with Crippen LogP contribution in [0.3, 0.4) is 0 Å². The van der Waals surface area contributed by atoms with E-state index in [4.69, 9.17) is 4.42 Å². The van der Waals surface area contributed by atoms with Crippen LogP contribution in [0.4, 0.5) is 0 Å². The van der Waals surface area contributed by atoms with Crippen LogP contribution < -0.4 is 0 Å². The lowest BCUT2D eigenvalue weighted by Crippen LogP contribution is -2.08. The summed E-state index contributed by atoms with van der Waals surface area (Å²) < 4.78 is 7.04. The number of furan rings is 1. The highest BCUT2D eigenvalue weighted by Gasteiger charge is 2.20. The number of ketones is 2. The van der Waals surface area contributed by atoms with E-state index in [-0.39, 0.29) is 23.7 Å². The Kier molecular flexibility index (Phi) is 3.17. The fourth-order valence-electron chi connectivity index (χ4n) is 2.32. The van der Waals surface area contributed by atoms with Crippen LogP contribution in [0.25, 0.3) is 11.0 Å². The third kappa shape index (κ3) is 2.50. The van der Waals surface area contributed by atoms with Crippen LogP contribution in [0.5, 0.6) is 0 Å². The van der Waals surface area contributed by atoms with Crippen LogP contribution in [0, 0.1) is 6.92 Å². The van der Waals surface area contributed by atoms with E-state index >= 15 is 0 Å². The predicted molar refractivity (Wildman–Crippen MR) is 77.4 cm³/mol. The van der Waals surface area contributed by atoms with Gasteiger partial charge in [-0.2, -0.15) is 5.10 Å². The third-order valence-corrected chi connectivity index (χ3v) is 3.34. The van der Waals surface area contributed by atoms with Crippen molar-refractivity contribution in [1.29, 1.82) is 0 Å². The third-order valence-electron chi connectivity index (χ3n) is 3.34. The zero-order chi connectivity index (χ0) is 15.0. The van der Waals surface area contributed by atoms with E-state index in [1.54, 1.807) is 37.0 Å². The molecule has 0 N–H and O–H groups in total. The van der Waals surface area contributed by atoms with E-state index in [2.05, 4.69) is 5.10 Å². The van der Waals surface area contributed by atoms with Crippen molar-refractivity contribution in [1.82, 2.24) is 9.78 Å². The Hall–Kier alpha value is -2.69. The standard InChI is InChI=1S/C16H14N2O3/c1-10-12(9-18(2)17-10)13(19)8-14(20)16-7-11-5-3-4-6-15(11)21-16/h3-7,9H,8H2,1-2H3. The van der Waals surface area contributed by atoms with Crippen LogP contribution in [-0.2, 0) is 7.05 Å². The first kappa shape index (κ1) is 13.3. The number of carbonyl (C=O) groups excluding carboxylic acids is 2. The summed E-state index contributed by atoms with van der Waals surface area (Å²) in [6, 6.07) is 9.03. The summed E-state index contributed by atoms with van der Waals surface area (Å²) in [6.07, 6.45) is 1.41. The molecule has 0 aliphatic rings. The zero-order valence-electron chi connectivity index (χ0n) is 11.8. The predicted octanol–water partition coefficient (Wildman–Crippen LogP) is 2.93. The van der Waals surface area contributed by atoms with Gasteiger partial charge in [0, 0.05) is 18.6 Å². The van der Waals surface area contributed by atoms with Crippen molar-refractivity contribution in [2.45, 2.75) is 13.3 Å². The average Bonchev–Trinajstić information content (AvgIpc) is 3.01. The summed E-state index contributed by atoms with van der Waals surface area (Å²) in [6.45, 7) is 1.75. The smallest absolute Gasteiger partial charge is 0.205 e. The molecule has 2 aromatic heterocycles. The molecular formula is C16H14N2O3. The van der Waals surface area contributed by atoms with Crippen molar-refractivity contribution in [3.8, 4) is 0 Å². The molecule has 0 atom stereocenters. The molecule has 0 saturated heterocycles. The van der Waals surface area contributed by atoms with Gasteiger partial charge in [0.1, 0.15) is 5.58 Å². The Labute approximate surface area is 121 Å². The summed E-state index contributed by atoms with van der Waals surface area (Å²) in [4.78, 5) is 24.3. The average molecular weight is 282 g/mol. The Morgan fingerprint density at radius 2 is 2.00 bits per heavy atom. The van der Waals surface area contributed by atoms with Gasteiger partial charge in [-0.3, -0.25) is 14.3 Å². The largest absolute Gasteiger partial charge is 0.453 e. The summed E-state index contributed by atoms with van der Waals surface area (Å²) in [5, 5.41) is 4.96. The Morgan fingerprint density at radius 1 is 1.24 bits per heavy atom. The summed E-state index contributed by atoms with van der Waals surface area (Å²) in [7, 11) is 1.74. The molecular weight excluding hydrogens is 268 g/mol. The molecule has 0 fully saturated rings. The van der Waals surface area contributed by atoms with E-state index < -0.39 is 0 Å². The van der Waals surface area contributed by atoms with Gasteiger partial charge in [0.15, 0.2) is 11.5 Å². The molecule has 21 heavy (non-hydrogen) atoms. The van der Waals surface area contributed by atoms with Crippen molar-refractivity contribution in [3.05, 3.63) is 53.5 Å². The van der Waals surface area contributed by atoms with Crippen molar-refractivity contribution >= 4 is 22.5 Å².